The summed E-state index contributed by atoms with van der Waals surface area (Å²) in [7, 11) is 1.64. The van der Waals surface area contributed by atoms with E-state index in [4.69, 9.17) is 9.47 Å². The molecule has 0 atom stereocenters. The second-order valence-corrected chi connectivity index (χ2v) is 4.72. The van der Waals surface area contributed by atoms with Crippen molar-refractivity contribution in [3.05, 3.63) is 41.3 Å². The minimum Gasteiger partial charge on any atom is -0.493 e. The third-order valence-electron chi connectivity index (χ3n) is 3.06. The standard InChI is InChI=1S/C16H21N3O2/c1-5-21-15-8-13(6-7-14(15)20-4)10-18-16-12(3)17-9-11(2)19-16/h6-9H,5,10H2,1-4H3,(H,18,19). The van der Waals surface area contributed by atoms with Crippen molar-refractivity contribution in [1.29, 1.82) is 0 Å². The van der Waals surface area contributed by atoms with Crippen LogP contribution in [0.25, 0.3) is 0 Å². The number of hydrogen-bond donors (Lipinski definition) is 1. The van der Waals surface area contributed by atoms with Crippen LogP contribution >= 0.6 is 0 Å². The Kier molecular flexibility index (Phi) is 4.98. The number of nitrogens with zero attached hydrogens (tertiary/aromatic N) is 2. The predicted octanol–water partition coefficient (Wildman–Crippen LogP) is 3.11. The third-order valence-corrected chi connectivity index (χ3v) is 3.06. The maximum absolute atomic E-state index is 5.58. The molecule has 0 saturated heterocycles. The molecule has 0 amide bonds. The van der Waals surface area contributed by atoms with Gasteiger partial charge in [-0.1, -0.05) is 6.07 Å². The normalized spacial score (nSPS) is 10.3. The number of anilines is 1. The van der Waals surface area contributed by atoms with Gasteiger partial charge in [-0.05, 0) is 38.5 Å². The fourth-order valence-corrected chi connectivity index (χ4v) is 1.99. The van der Waals surface area contributed by atoms with Crippen molar-refractivity contribution in [2.75, 3.05) is 19.0 Å². The Morgan fingerprint density at radius 2 is 2.00 bits per heavy atom. The van der Waals surface area contributed by atoms with Gasteiger partial charge in [0.15, 0.2) is 11.5 Å². The number of methoxy groups -OCH3 is 1. The van der Waals surface area contributed by atoms with Gasteiger partial charge in [-0.15, -0.1) is 0 Å². The lowest BCUT2D eigenvalue weighted by Crippen LogP contribution is -2.06. The van der Waals surface area contributed by atoms with E-state index in [9.17, 15) is 0 Å². The molecule has 1 aromatic carbocycles. The van der Waals surface area contributed by atoms with E-state index in [2.05, 4.69) is 15.3 Å². The summed E-state index contributed by atoms with van der Waals surface area (Å²) in [6.07, 6.45) is 1.76. The van der Waals surface area contributed by atoms with Gasteiger partial charge in [0.25, 0.3) is 0 Å². The topological polar surface area (TPSA) is 56.3 Å². The molecule has 0 saturated carbocycles. The molecule has 5 nitrogen and oxygen atoms in total. The molecule has 0 radical (unpaired) electrons. The Hall–Kier alpha value is -2.30. The predicted molar refractivity (Wildman–Crippen MR) is 83.0 cm³/mol. The smallest absolute Gasteiger partial charge is 0.161 e. The first-order chi connectivity index (χ1) is 10.1. The first-order valence-corrected chi connectivity index (χ1v) is 6.98. The molecule has 1 aromatic heterocycles. The van der Waals surface area contributed by atoms with E-state index < -0.39 is 0 Å². The maximum Gasteiger partial charge on any atom is 0.161 e. The molecule has 0 aliphatic carbocycles. The quantitative estimate of drug-likeness (QED) is 0.884. The Bertz CT molecular complexity index is 614. The van der Waals surface area contributed by atoms with Crippen molar-refractivity contribution in [3.63, 3.8) is 0 Å². The van der Waals surface area contributed by atoms with Crippen LogP contribution < -0.4 is 14.8 Å². The van der Waals surface area contributed by atoms with Gasteiger partial charge >= 0.3 is 0 Å². The van der Waals surface area contributed by atoms with Gasteiger partial charge in [-0.3, -0.25) is 4.98 Å². The summed E-state index contributed by atoms with van der Waals surface area (Å²) in [5, 5.41) is 3.31. The van der Waals surface area contributed by atoms with E-state index in [1.54, 1.807) is 13.3 Å². The number of aromatic nitrogens is 2. The van der Waals surface area contributed by atoms with Crippen molar-refractivity contribution in [2.24, 2.45) is 0 Å². The van der Waals surface area contributed by atoms with Crippen molar-refractivity contribution in [3.8, 4) is 11.5 Å². The first-order valence-electron chi connectivity index (χ1n) is 6.98. The molecule has 0 aliphatic heterocycles. The molecule has 5 heteroatoms. The summed E-state index contributed by atoms with van der Waals surface area (Å²) in [4.78, 5) is 8.75. The minimum atomic E-state index is 0.607. The Morgan fingerprint density at radius 1 is 1.19 bits per heavy atom. The zero-order valence-corrected chi connectivity index (χ0v) is 12.9. The van der Waals surface area contributed by atoms with Crippen molar-refractivity contribution < 1.29 is 9.47 Å². The van der Waals surface area contributed by atoms with Crippen LogP contribution in [0.2, 0.25) is 0 Å². The van der Waals surface area contributed by atoms with Crippen LogP contribution in [0.3, 0.4) is 0 Å². The van der Waals surface area contributed by atoms with Crippen LogP contribution in [0, 0.1) is 13.8 Å². The van der Waals surface area contributed by atoms with Gasteiger partial charge in [-0.2, -0.15) is 0 Å². The Morgan fingerprint density at radius 3 is 2.71 bits per heavy atom. The summed E-state index contributed by atoms with van der Waals surface area (Å²) < 4.78 is 10.9. The summed E-state index contributed by atoms with van der Waals surface area (Å²) in [5.41, 5.74) is 2.88. The lowest BCUT2D eigenvalue weighted by Gasteiger charge is -2.12. The van der Waals surface area contributed by atoms with Gasteiger partial charge in [-0.25, -0.2) is 4.98 Å². The second-order valence-electron chi connectivity index (χ2n) is 4.72. The largest absolute Gasteiger partial charge is 0.493 e. The van der Waals surface area contributed by atoms with Gasteiger partial charge in [0, 0.05) is 12.7 Å². The number of benzene rings is 1. The minimum absolute atomic E-state index is 0.607. The highest BCUT2D eigenvalue weighted by Gasteiger charge is 2.06. The Balaban J connectivity index is 2.12. The highest BCUT2D eigenvalue weighted by Crippen LogP contribution is 2.28. The first kappa shape index (κ1) is 15.1. The van der Waals surface area contributed by atoms with Crippen LogP contribution in [0.1, 0.15) is 23.9 Å². The SMILES string of the molecule is CCOc1cc(CNc2nc(C)cnc2C)ccc1OC. The maximum atomic E-state index is 5.58. The molecule has 2 rings (SSSR count). The summed E-state index contributed by atoms with van der Waals surface area (Å²) >= 11 is 0. The second kappa shape index (κ2) is 6.92. The fraction of sp³-hybridized carbons (Fsp3) is 0.375. The molecule has 21 heavy (non-hydrogen) atoms. The highest BCUT2D eigenvalue weighted by molar-refractivity contribution is 5.45. The molecular weight excluding hydrogens is 266 g/mol. The number of aryl methyl sites for hydroxylation is 2. The van der Waals surface area contributed by atoms with Crippen molar-refractivity contribution >= 4 is 5.82 Å². The molecular formula is C16H21N3O2. The molecule has 0 unspecified atom stereocenters. The van der Waals surface area contributed by atoms with Gasteiger partial charge in [0.05, 0.1) is 25.1 Å². The van der Waals surface area contributed by atoms with Gasteiger partial charge in [0.1, 0.15) is 5.82 Å². The summed E-state index contributed by atoms with van der Waals surface area (Å²) in [6, 6.07) is 5.90. The number of nitrogens with one attached hydrogen (secondary N) is 1. The zero-order chi connectivity index (χ0) is 15.2. The molecule has 1 N–H and O–H groups in total. The Labute approximate surface area is 125 Å². The van der Waals surface area contributed by atoms with E-state index >= 15 is 0 Å². The zero-order valence-electron chi connectivity index (χ0n) is 12.9. The van der Waals surface area contributed by atoms with Crippen molar-refractivity contribution in [1.82, 2.24) is 9.97 Å². The molecule has 2 aromatic rings. The van der Waals surface area contributed by atoms with E-state index in [-0.39, 0.29) is 0 Å². The highest BCUT2D eigenvalue weighted by atomic mass is 16.5. The van der Waals surface area contributed by atoms with E-state index in [1.165, 1.54) is 0 Å². The monoisotopic (exact) mass is 287 g/mol. The molecule has 0 bridgehead atoms. The van der Waals surface area contributed by atoms with Crippen LogP contribution in [-0.4, -0.2) is 23.7 Å². The average molecular weight is 287 g/mol. The number of hydrogen-bond acceptors (Lipinski definition) is 5. The average Bonchev–Trinajstić information content (AvgIpc) is 2.49. The molecule has 0 spiro atoms. The van der Waals surface area contributed by atoms with E-state index in [0.717, 1.165) is 34.3 Å². The van der Waals surface area contributed by atoms with Crippen LogP contribution in [0.4, 0.5) is 5.82 Å². The van der Waals surface area contributed by atoms with Crippen LogP contribution in [-0.2, 0) is 6.54 Å². The lowest BCUT2D eigenvalue weighted by molar-refractivity contribution is 0.310. The molecule has 1 heterocycles. The summed E-state index contributed by atoms with van der Waals surface area (Å²) in [6.45, 7) is 7.08. The fourth-order valence-electron chi connectivity index (χ4n) is 1.99. The lowest BCUT2D eigenvalue weighted by atomic mass is 10.2. The van der Waals surface area contributed by atoms with Gasteiger partial charge in [0.2, 0.25) is 0 Å². The molecule has 0 fully saturated rings. The van der Waals surface area contributed by atoms with E-state index in [0.29, 0.717) is 13.2 Å². The van der Waals surface area contributed by atoms with Crippen LogP contribution in [0.15, 0.2) is 24.4 Å². The van der Waals surface area contributed by atoms with Crippen LogP contribution in [0.5, 0.6) is 11.5 Å². The van der Waals surface area contributed by atoms with Gasteiger partial charge < -0.3 is 14.8 Å². The third kappa shape index (κ3) is 3.84. The molecule has 0 aliphatic rings. The molecule has 112 valence electrons. The van der Waals surface area contributed by atoms with E-state index in [1.807, 2.05) is 39.0 Å². The van der Waals surface area contributed by atoms with Crippen molar-refractivity contribution in [2.45, 2.75) is 27.3 Å². The number of ether oxygens (including phenoxy) is 2. The number of rotatable bonds is 6. The summed E-state index contributed by atoms with van der Waals surface area (Å²) in [5.74, 6) is 2.31.